The first-order valence-electron chi connectivity index (χ1n) is 5.65. The number of carboxylic acid groups (broad SMARTS) is 1. The van der Waals surface area contributed by atoms with E-state index in [2.05, 4.69) is 4.90 Å². The Labute approximate surface area is 85.1 Å². The van der Waals surface area contributed by atoms with Gasteiger partial charge in [-0.1, -0.05) is 6.92 Å². The number of hydrogen-bond donors (Lipinski definition) is 1. The van der Waals surface area contributed by atoms with Crippen molar-refractivity contribution in [3.63, 3.8) is 0 Å². The average molecular weight is 197 g/mol. The molecule has 80 valence electrons. The van der Waals surface area contributed by atoms with Gasteiger partial charge in [0.05, 0.1) is 5.41 Å². The predicted molar refractivity (Wildman–Crippen MR) is 54.2 cm³/mol. The lowest BCUT2D eigenvalue weighted by molar-refractivity contribution is -0.152. The standard InChI is InChI=1S/C11H19NO2/c1-2-11(10(13)14)5-7-12(8-6-11)9-3-4-9/h9H,2-8H2,1H3,(H,13,14). The summed E-state index contributed by atoms with van der Waals surface area (Å²) in [7, 11) is 0. The van der Waals surface area contributed by atoms with Crippen LogP contribution in [0.4, 0.5) is 0 Å². The number of rotatable bonds is 3. The van der Waals surface area contributed by atoms with Crippen molar-refractivity contribution in [2.24, 2.45) is 5.41 Å². The highest BCUT2D eigenvalue weighted by atomic mass is 16.4. The summed E-state index contributed by atoms with van der Waals surface area (Å²) in [6.45, 7) is 3.98. The quantitative estimate of drug-likeness (QED) is 0.749. The lowest BCUT2D eigenvalue weighted by atomic mass is 9.76. The van der Waals surface area contributed by atoms with Gasteiger partial charge in [-0.15, -0.1) is 0 Å². The molecule has 0 unspecified atom stereocenters. The van der Waals surface area contributed by atoms with Gasteiger partial charge in [-0.3, -0.25) is 4.79 Å². The van der Waals surface area contributed by atoms with E-state index in [0.29, 0.717) is 0 Å². The Morgan fingerprint density at radius 2 is 2.00 bits per heavy atom. The minimum atomic E-state index is -0.588. The van der Waals surface area contributed by atoms with Crippen molar-refractivity contribution >= 4 is 5.97 Å². The van der Waals surface area contributed by atoms with Gasteiger partial charge in [0, 0.05) is 6.04 Å². The van der Waals surface area contributed by atoms with Crippen LogP contribution in [0.1, 0.15) is 39.0 Å². The summed E-state index contributed by atoms with van der Waals surface area (Å²) in [5, 5.41) is 9.21. The lowest BCUT2D eigenvalue weighted by Gasteiger charge is -2.38. The number of piperidine rings is 1. The highest BCUT2D eigenvalue weighted by Crippen LogP contribution is 2.38. The smallest absolute Gasteiger partial charge is 0.309 e. The molecule has 1 N–H and O–H groups in total. The first-order valence-corrected chi connectivity index (χ1v) is 5.65. The van der Waals surface area contributed by atoms with Crippen LogP contribution in [0.5, 0.6) is 0 Å². The van der Waals surface area contributed by atoms with E-state index in [-0.39, 0.29) is 0 Å². The number of carboxylic acids is 1. The van der Waals surface area contributed by atoms with Crippen molar-refractivity contribution in [3.8, 4) is 0 Å². The molecule has 3 nitrogen and oxygen atoms in total. The van der Waals surface area contributed by atoms with Crippen LogP contribution in [0.2, 0.25) is 0 Å². The molecule has 0 radical (unpaired) electrons. The Hall–Kier alpha value is -0.570. The molecule has 0 aromatic rings. The average Bonchev–Trinajstić information content (AvgIpc) is 3.01. The van der Waals surface area contributed by atoms with E-state index >= 15 is 0 Å². The van der Waals surface area contributed by atoms with Crippen LogP contribution in [0, 0.1) is 5.41 Å². The van der Waals surface area contributed by atoms with Crippen LogP contribution in [0.25, 0.3) is 0 Å². The third-order valence-electron chi connectivity index (χ3n) is 3.95. The van der Waals surface area contributed by atoms with Gasteiger partial charge >= 0.3 is 5.97 Å². The maximum Gasteiger partial charge on any atom is 0.309 e. The third-order valence-corrected chi connectivity index (χ3v) is 3.95. The fourth-order valence-corrected chi connectivity index (χ4v) is 2.48. The number of carbonyl (C=O) groups is 1. The van der Waals surface area contributed by atoms with E-state index in [0.717, 1.165) is 38.4 Å². The maximum absolute atomic E-state index is 11.2. The fourth-order valence-electron chi connectivity index (χ4n) is 2.48. The second-order valence-corrected chi connectivity index (χ2v) is 4.71. The van der Waals surface area contributed by atoms with Crippen molar-refractivity contribution in [2.45, 2.75) is 45.1 Å². The van der Waals surface area contributed by atoms with Crippen molar-refractivity contribution in [1.29, 1.82) is 0 Å². The Balaban J connectivity index is 1.94. The second kappa shape index (κ2) is 3.54. The van der Waals surface area contributed by atoms with E-state index < -0.39 is 11.4 Å². The molecule has 3 heteroatoms. The van der Waals surface area contributed by atoms with Gasteiger partial charge in [-0.2, -0.15) is 0 Å². The molecule has 1 heterocycles. The zero-order valence-electron chi connectivity index (χ0n) is 8.83. The van der Waals surface area contributed by atoms with Crippen LogP contribution in [-0.4, -0.2) is 35.1 Å². The molecule has 14 heavy (non-hydrogen) atoms. The van der Waals surface area contributed by atoms with Crippen molar-refractivity contribution in [2.75, 3.05) is 13.1 Å². The summed E-state index contributed by atoms with van der Waals surface area (Å²) in [6, 6.07) is 0.790. The van der Waals surface area contributed by atoms with Crippen LogP contribution in [0.15, 0.2) is 0 Å². The van der Waals surface area contributed by atoms with Gasteiger partial charge in [0.2, 0.25) is 0 Å². The minimum absolute atomic E-state index is 0.411. The van der Waals surface area contributed by atoms with Gasteiger partial charge in [0.1, 0.15) is 0 Å². The van der Waals surface area contributed by atoms with Crippen LogP contribution in [-0.2, 0) is 4.79 Å². The number of nitrogens with zero attached hydrogens (tertiary/aromatic N) is 1. The number of aliphatic carboxylic acids is 1. The summed E-state index contributed by atoms with van der Waals surface area (Å²) in [4.78, 5) is 13.7. The van der Waals surface area contributed by atoms with Crippen LogP contribution < -0.4 is 0 Å². The monoisotopic (exact) mass is 197 g/mol. The van der Waals surface area contributed by atoms with Crippen molar-refractivity contribution in [3.05, 3.63) is 0 Å². The summed E-state index contributed by atoms with van der Waals surface area (Å²) in [5.41, 5.74) is -0.411. The molecule has 2 fully saturated rings. The normalized spacial score (nSPS) is 27.5. The highest BCUT2D eigenvalue weighted by molar-refractivity contribution is 5.74. The molecule has 0 atom stereocenters. The molecule has 1 aliphatic carbocycles. The van der Waals surface area contributed by atoms with Crippen LogP contribution in [0.3, 0.4) is 0 Å². The maximum atomic E-state index is 11.2. The lowest BCUT2D eigenvalue weighted by Crippen LogP contribution is -2.44. The largest absolute Gasteiger partial charge is 0.481 e. The van der Waals surface area contributed by atoms with E-state index in [4.69, 9.17) is 0 Å². The third kappa shape index (κ3) is 1.65. The number of likely N-dealkylation sites (tertiary alicyclic amines) is 1. The molecule has 2 rings (SSSR count). The highest BCUT2D eigenvalue weighted by Gasteiger charge is 2.42. The summed E-state index contributed by atoms with van der Waals surface area (Å²) >= 11 is 0. The molecule has 0 aromatic heterocycles. The van der Waals surface area contributed by atoms with Gasteiger partial charge in [-0.25, -0.2) is 0 Å². The fraction of sp³-hybridized carbons (Fsp3) is 0.909. The molecular weight excluding hydrogens is 178 g/mol. The van der Waals surface area contributed by atoms with Crippen LogP contribution >= 0.6 is 0 Å². The van der Waals surface area contributed by atoms with Gasteiger partial charge in [0.15, 0.2) is 0 Å². The molecule has 1 saturated heterocycles. The first-order chi connectivity index (χ1) is 6.68. The van der Waals surface area contributed by atoms with E-state index in [9.17, 15) is 9.90 Å². The van der Waals surface area contributed by atoms with Crippen molar-refractivity contribution in [1.82, 2.24) is 4.90 Å². The van der Waals surface area contributed by atoms with E-state index in [1.54, 1.807) is 0 Å². The Bertz CT molecular complexity index is 227. The van der Waals surface area contributed by atoms with Crippen molar-refractivity contribution < 1.29 is 9.90 Å². The minimum Gasteiger partial charge on any atom is -0.481 e. The topological polar surface area (TPSA) is 40.5 Å². The van der Waals surface area contributed by atoms with Gasteiger partial charge in [-0.05, 0) is 45.2 Å². The Morgan fingerprint density at radius 1 is 1.43 bits per heavy atom. The summed E-state index contributed by atoms with van der Waals surface area (Å²) in [5.74, 6) is -0.588. The molecular formula is C11H19NO2. The molecule has 0 bridgehead atoms. The molecule has 0 aromatic carbocycles. The molecule has 1 aliphatic heterocycles. The predicted octanol–water partition coefficient (Wildman–Crippen LogP) is 1.73. The van der Waals surface area contributed by atoms with Gasteiger partial charge < -0.3 is 10.0 Å². The molecule has 0 amide bonds. The summed E-state index contributed by atoms with van der Waals surface area (Å²) in [6.07, 6.45) is 5.11. The zero-order valence-corrected chi connectivity index (χ0v) is 8.83. The molecule has 2 aliphatic rings. The Morgan fingerprint density at radius 3 is 2.36 bits per heavy atom. The van der Waals surface area contributed by atoms with E-state index in [1.165, 1.54) is 12.8 Å². The first kappa shape index (κ1) is 9.97. The zero-order chi connectivity index (χ0) is 10.2. The summed E-state index contributed by atoms with van der Waals surface area (Å²) < 4.78 is 0. The van der Waals surface area contributed by atoms with E-state index in [1.807, 2.05) is 6.92 Å². The SMILES string of the molecule is CCC1(C(=O)O)CCN(C2CC2)CC1. The Kier molecular flexibility index (Phi) is 2.52. The molecule has 0 spiro atoms. The van der Waals surface area contributed by atoms with Gasteiger partial charge in [0.25, 0.3) is 0 Å². The second-order valence-electron chi connectivity index (χ2n) is 4.71. The number of hydrogen-bond acceptors (Lipinski definition) is 2. The molecule has 1 saturated carbocycles.